The van der Waals surface area contributed by atoms with E-state index in [0.29, 0.717) is 37.3 Å². The summed E-state index contributed by atoms with van der Waals surface area (Å²) in [5, 5.41) is 7.92. The van der Waals surface area contributed by atoms with Gasteiger partial charge >= 0.3 is 11.9 Å². The van der Waals surface area contributed by atoms with Crippen LogP contribution >= 0.6 is 23.1 Å². The van der Waals surface area contributed by atoms with E-state index in [-0.39, 0.29) is 39.4 Å². The molecule has 0 unspecified atom stereocenters. The van der Waals surface area contributed by atoms with E-state index in [9.17, 15) is 19.2 Å². The maximum atomic E-state index is 13.1. The number of nitrogen functional groups attached to an aromatic ring is 1. The van der Waals surface area contributed by atoms with Crippen LogP contribution in [0.3, 0.4) is 0 Å². The van der Waals surface area contributed by atoms with E-state index in [1.165, 1.54) is 10.3 Å². The summed E-state index contributed by atoms with van der Waals surface area (Å²) < 4.78 is 1.88. The Morgan fingerprint density at radius 2 is 2.11 bits per heavy atom. The molecule has 3 amide bonds. The van der Waals surface area contributed by atoms with E-state index in [0.717, 1.165) is 11.3 Å². The lowest BCUT2D eigenvalue weighted by Gasteiger charge is -2.43. The van der Waals surface area contributed by atoms with Gasteiger partial charge in [0.15, 0.2) is 29.8 Å². The summed E-state index contributed by atoms with van der Waals surface area (Å²) in [7, 11) is 0. The van der Waals surface area contributed by atoms with Crippen molar-refractivity contribution in [2.75, 3.05) is 18.0 Å². The maximum Gasteiger partial charge on any atom is 0.379 e. The molecule has 0 saturated carbocycles. The predicted octanol–water partition coefficient (Wildman–Crippen LogP) is -0.544. The average molecular weight is 545 g/mol. The van der Waals surface area contributed by atoms with Crippen LogP contribution in [-0.2, 0) is 35.4 Å². The molecule has 2 saturated heterocycles. The number of thiazole rings is 1. The van der Waals surface area contributed by atoms with Crippen molar-refractivity contribution >= 4 is 57.6 Å². The molecule has 5 heterocycles. The number of hydrogen-bond acceptors (Lipinski definition) is 11. The number of nitrogens with zero attached hydrogens (tertiary/aromatic N) is 4. The summed E-state index contributed by atoms with van der Waals surface area (Å²) in [6.07, 6.45) is 3.54. The Balaban J connectivity index is 1.34. The van der Waals surface area contributed by atoms with Crippen LogP contribution in [0.5, 0.6) is 0 Å². The molecule has 37 heavy (non-hydrogen) atoms. The number of β-lactam (4-membered cyclic amide) rings is 1. The van der Waals surface area contributed by atoms with Crippen molar-refractivity contribution in [3.05, 3.63) is 52.9 Å². The number of pyridine rings is 1. The molecule has 0 aliphatic carbocycles. The lowest BCUT2D eigenvalue weighted by Crippen LogP contribution is -2.55. The monoisotopic (exact) mass is 544 g/mol. The maximum absolute atomic E-state index is 13.1. The van der Waals surface area contributed by atoms with Gasteiger partial charge in [-0.25, -0.2) is 14.3 Å². The van der Waals surface area contributed by atoms with Crippen molar-refractivity contribution in [1.82, 2.24) is 20.7 Å². The topological polar surface area (TPSA) is 169 Å². The first kappa shape index (κ1) is 24.7. The van der Waals surface area contributed by atoms with E-state index in [1.807, 2.05) is 35.2 Å². The van der Waals surface area contributed by atoms with Crippen molar-refractivity contribution in [1.29, 1.82) is 0 Å². The third-order valence-electron chi connectivity index (χ3n) is 5.76. The lowest BCUT2D eigenvalue weighted by molar-refractivity contribution is -0.689. The molecule has 3 aliphatic rings. The summed E-state index contributed by atoms with van der Waals surface area (Å²) in [4.78, 5) is 66.0. The van der Waals surface area contributed by atoms with Gasteiger partial charge in [0.25, 0.3) is 5.91 Å². The number of anilines is 1. The second kappa shape index (κ2) is 10.6. The van der Waals surface area contributed by atoms with Gasteiger partial charge in [0.05, 0.1) is 11.8 Å². The molecule has 192 valence electrons. The minimum atomic E-state index is -0.937. The van der Waals surface area contributed by atoms with Gasteiger partial charge in [0, 0.05) is 41.8 Å². The van der Waals surface area contributed by atoms with E-state index in [1.54, 1.807) is 11.8 Å². The standard InChI is InChI=1S/C22H21N7O6S2/c23-22-25-13(11-37-22)17(26-34-14-4-5-24-19(14)31)20(32)27-35-21(33)18-12(9-28-6-2-1-3-7-28)10-36-16-8-15(30)29(16)18/h1-3,6-7,11,14,16H,4-5,8-10H2,(H3-,23,24,25,27,31,32)/p+1/b26-17-/t14-,16+/m0/s1. The first-order valence-electron chi connectivity index (χ1n) is 11.2. The van der Waals surface area contributed by atoms with Crippen LogP contribution in [0.15, 0.2) is 52.4 Å². The van der Waals surface area contributed by atoms with E-state index in [4.69, 9.17) is 15.4 Å². The van der Waals surface area contributed by atoms with Gasteiger partial charge in [-0.3, -0.25) is 19.3 Å². The van der Waals surface area contributed by atoms with Crippen LogP contribution in [0.2, 0.25) is 0 Å². The molecule has 2 atom stereocenters. The van der Waals surface area contributed by atoms with Gasteiger partial charge in [0.2, 0.25) is 12.0 Å². The largest absolute Gasteiger partial charge is 0.382 e. The first-order chi connectivity index (χ1) is 17.9. The molecular weight excluding hydrogens is 522 g/mol. The van der Waals surface area contributed by atoms with Crippen molar-refractivity contribution in [3.63, 3.8) is 0 Å². The number of hydroxylamine groups is 1. The highest BCUT2D eigenvalue weighted by atomic mass is 32.2. The predicted molar refractivity (Wildman–Crippen MR) is 131 cm³/mol. The van der Waals surface area contributed by atoms with Crippen LogP contribution in [0.1, 0.15) is 18.5 Å². The van der Waals surface area contributed by atoms with E-state index in [2.05, 4.69) is 20.9 Å². The molecule has 0 bridgehead atoms. The number of nitrogens with two attached hydrogens (primary N) is 1. The average Bonchev–Trinajstić information content (AvgIpc) is 3.51. The highest BCUT2D eigenvalue weighted by Gasteiger charge is 2.46. The Bertz CT molecular complexity index is 1310. The number of oxime groups is 1. The number of aromatic nitrogens is 2. The Labute approximate surface area is 218 Å². The summed E-state index contributed by atoms with van der Waals surface area (Å²) >= 11 is 2.64. The van der Waals surface area contributed by atoms with Gasteiger partial charge in [-0.1, -0.05) is 11.2 Å². The third kappa shape index (κ3) is 5.27. The first-order valence-corrected chi connectivity index (χ1v) is 13.2. The Morgan fingerprint density at radius 3 is 2.78 bits per heavy atom. The minimum Gasteiger partial charge on any atom is -0.382 e. The van der Waals surface area contributed by atoms with Crippen molar-refractivity contribution in [2.24, 2.45) is 5.16 Å². The molecule has 5 rings (SSSR count). The molecular formula is C22H22N7O6S2+. The quantitative estimate of drug-likeness (QED) is 0.179. The van der Waals surface area contributed by atoms with Gasteiger partial charge in [-0.2, -0.15) is 5.48 Å². The normalized spacial score (nSPS) is 21.2. The number of fused-ring (bicyclic) bond motifs is 1. The molecule has 2 aromatic rings. The Kier molecular flexibility index (Phi) is 7.05. The lowest BCUT2D eigenvalue weighted by atomic mass is 10.1. The van der Waals surface area contributed by atoms with Crippen molar-refractivity contribution in [2.45, 2.75) is 30.9 Å². The zero-order valence-electron chi connectivity index (χ0n) is 19.3. The highest BCUT2D eigenvalue weighted by Crippen LogP contribution is 2.40. The van der Waals surface area contributed by atoms with Crippen molar-refractivity contribution < 1.29 is 33.4 Å². The number of hydrogen-bond donors (Lipinski definition) is 3. The summed E-state index contributed by atoms with van der Waals surface area (Å²) in [5.74, 6) is -1.85. The Hall–Kier alpha value is -3.98. The third-order valence-corrected chi connectivity index (χ3v) is 7.71. The number of carbonyl (C=O) groups is 4. The van der Waals surface area contributed by atoms with Crippen LogP contribution in [0.4, 0.5) is 5.13 Å². The molecule has 2 aromatic heterocycles. The zero-order chi connectivity index (χ0) is 25.9. The molecule has 0 radical (unpaired) electrons. The number of thioether (sulfide) groups is 1. The number of rotatable bonds is 7. The van der Waals surface area contributed by atoms with Crippen LogP contribution in [0, 0.1) is 0 Å². The second-order valence-electron chi connectivity index (χ2n) is 8.24. The van der Waals surface area contributed by atoms with Crippen LogP contribution < -0.4 is 21.1 Å². The molecule has 3 aliphatic heterocycles. The summed E-state index contributed by atoms with van der Waals surface area (Å²) in [6.45, 7) is 0.792. The summed E-state index contributed by atoms with van der Waals surface area (Å²) in [6, 6.07) is 5.59. The minimum absolute atomic E-state index is 0.0851. The second-order valence-corrected chi connectivity index (χ2v) is 10.3. The Morgan fingerprint density at radius 1 is 1.30 bits per heavy atom. The molecule has 2 fully saturated rings. The van der Waals surface area contributed by atoms with Crippen molar-refractivity contribution in [3.8, 4) is 0 Å². The van der Waals surface area contributed by atoms with Crippen LogP contribution in [0.25, 0.3) is 0 Å². The summed E-state index contributed by atoms with van der Waals surface area (Å²) in [5.41, 5.74) is 8.30. The number of amides is 3. The van der Waals surface area contributed by atoms with Gasteiger partial charge in [-0.05, 0) is 0 Å². The highest BCUT2D eigenvalue weighted by molar-refractivity contribution is 8.00. The fourth-order valence-corrected chi connectivity index (χ4v) is 5.73. The fourth-order valence-electron chi connectivity index (χ4n) is 3.93. The molecule has 15 heteroatoms. The van der Waals surface area contributed by atoms with E-state index >= 15 is 0 Å². The van der Waals surface area contributed by atoms with E-state index < -0.39 is 18.0 Å². The molecule has 4 N–H and O–H groups in total. The van der Waals surface area contributed by atoms with Gasteiger partial charge in [-0.15, -0.1) is 23.1 Å². The SMILES string of the molecule is Nc1nc(/C(=N/O[C@H]2CCNC2=O)C(=O)NOC(=O)C2=C(C[n+]3ccccc3)CS[C@@H]3CC(=O)N23)cs1. The smallest absolute Gasteiger partial charge is 0.379 e. The van der Waals surface area contributed by atoms with Gasteiger partial charge < -0.3 is 20.7 Å². The van der Waals surface area contributed by atoms with Gasteiger partial charge in [0.1, 0.15) is 11.4 Å². The number of nitrogens with one attached hydrogen (secondary N) is 2. The number of carbonyl (C=O) groups excluding carboxylic acids is 4. The molecule has 13 nitrogen and oxygen atoms in total. The zero-order valence-corrected chi connectivity index (χ0v) is 20.9. The van der Waals surface area contributed by atoms with Crippen LogP contribution in [-0.4, -0.2) is 63.1 Å². The molecule has 0 aromatic carbocycles. The molecule has 0 spiro atoms. The fraction of sp³-hybridized carbons (Fsp3) is 0.318.